The van der Waals surface area contributed by atoms with Gasteiger partial charge in [0.25, 0.3) is 11.6 Å². The maximum Gasteiger partial charge on any atom is 0.269 e. The quantitative estimate of drug-likeness (QED) is 0.323. The molecule has 1 aliphatic rings. The third-order valence-electron chi connectivity index (χ3n) is 5.66. The van der Waals surface area contributed by atoms with E-state index in [-0.39, 0.29) is 23.9 Å². The van der Waals surface area contributed by atoms with Gasteiger partial charge in [-0.05, 0) is 47.9 Å². The summed E-state index contributed by atoms with van der Waals surface area (Å²) < 4.78 is 5.28. The fraction of sp³-hybridized carbons (Fsp3) is 0.200. The molecule has 9 nitrogen and oxygen atoms in total. The second-order valence-electron chi connectivity index (χ2n) is 7.92. The molecule has 1 fully saturated rings. The van der Waals surface area contributed by atoms with Crippen LogP contribution in [-0.2, 0) is 11.3 Å². The average molecular weight is 460 g/mol. The van der Waals surface area contributed by atoms with Crippen molar-refractivity contribution in [3.8, 4) is 11.5 Å². The van der Waals surface area contributed by atoms with Crippen molar-refractivity contribution >= 4 is 17.3 Å². The highest BCUT2D eigenvalue weighted by Crippen LogP contribution is 2.37. The minimum atomic E-state index is -0.532. The molecule has 0 unspecified atom stereocenters. The first-order chi connectivity index (χ1) is 16.4. The van der Waals surface area contributed by atoms with Gasteiger partial charge in [-0.2, -0.15) is 5.10 Å². The van der Waals surface area contributed by atoms with Gasteiger partial charge >= 0.3 is 0 Å². The van der Waals surface area contributed by atoms with E-state index in [0.29, 0.717) is 23.6 Å². The van der Waals surface area contributed by atoms with E-state index in [0.717, 1.165) is 11.1 Å². The van der Waals surface area contributed by atoms with Crippen molar-refractivity contribution in [2.24, 2.45) is 5.10 Å². The molecule has 9 heteroatoms. The van der Waals surface area contributed by atoms with Gasteiger partial charge < -0.3 is 9.84 Å². The van der Waals surface area contributed by atoms with E-state index in [1.54, 1.807) is 31.2 Å². The maximum absolute atomic E-state index is 13.1. The molecule has 1 atom stereocenters. The van der Waals surface area contributed by atoms with E-state index >= 15 is 0 Å². The fourth-order valence-electron chi connectivity index (χ4n) is 3.95. The number of nitrogens with zero attached hydrogens (tertiary/aromatic N) is 4. The van der Waals surface area contributed by atoms with Crippen molar-refractivity contribution in [2.75, 3.05) is 13.7 Å². The Hall–Kier alpha value is -4.24. The van der Waals surface area contributed by atoms with Gasteiger partial charge in [-0.1, -0.05) is 36.4 Å². The predicted molar refractivity (Wildman–Crippen MR) is 126 cm³/mol. The fourth-order valence-corrected chi connectivity index (χ4v) is 3.95. The van der Waals surface area contributed by atoms with Crippen molar-refractivity contribution in [1.29, 1.82) is 0 Å². The topological polar surface area (TPSA) is 109 Å². The van der Waals surface area contributed by atoms with Crippen molar-refractivity contribution < 1.29 is 19.6 Å². The third-order valence-corrected chi connectivity index (χ3v) is 5.66. The zero-order valence-corrected chi connectivity index (χ0v) is 18.8. The van der Waals surface area contributed by atoms with E-state index in [2.05, 4.69) is 5.10 Å². The number of aromatic hydroxyl groups is 1. The second-order valence-corrected chi connectivity index (χ2v) is 7.92. The number of amides is 1. The van der Waals surface area contributed by atoms with Crippen molar-refractivity contribution in [1.82, 2.24) is 9.91 Å². The van der Waals surface area contributed by atoms with Gasteiger partial charge in [-0.3, -0.25) is 19.8 Å². The number of hydrogen-bond donors (Lipinski definition) is 1. The van der Waals surface area contributed by atoms with Crippen LogP contribution in [0.15, 0.2) is 77.9 Å². The number of phenolic OH excluding ortho intramolecular Hbond substituents is 1. The zero-order chi connectivity index (χ0) is 24.2. The molecule has 1 amide bonds. The Kier molecular flexibility index (Phi) is 6.55. The number of rotatable bonds is 7. The molecule has 1 heterocycles. The molecule has 34 heavy (non-hydrogen) atoms. The highest BCUT2D eigenvalue weighted by molar-refractivity contribution is 5.99. The van der Waals surface area contributed by atoms with Crippen molar-refractivity contribution in [2.45, 2.75) is 19.6 Å². The summed E-state index contributed by atoms with van der Waals surface area (Å²) in [7, 11) is 1.47. The van der Waals surface area contributed by atoms with Crippen LogP contribution >= 0.6 is 0 Å². The highest BCUT2D eigenvalue weighted by atomic mass is 16.6. The number of hydrogen-bond acceptors (Lipinski definition) is 7. The standard InChI is InChI=1S/C25H24N4O5/c1-17(19-8-11-21(12-9-19)29(32)33)26-28-24(31)16-27(15-18-6-4-3-5-7-18)25(28)20-10-13-22(30)23(14-20)34-2/h3-14,25,30H,15-16H2,1-2H3/b26-17-/t25-/m0/s1. The summed E-state index contributed by atoms with van der Waals surface area (Å²) in [6.45, 7) is 2.42. The molecule has 0 bridgehead atoms. The number of hydrazone groups is 1. The summed E-state index contributed by atoms with van der Waals surface area (Å²) in [5, 5.41) is 27.0. The summed E-state index contributed by atoms with van der Waals surface area (Å²) >= 11 is 0. The number of carbonyl (C=O) groups excluding carboxylic acids is 1. The van der Waals surface area contributed by atoms with E-state index in [1.165, 1.54) is 30.3 Å². The molecule has 4 rings (SSSR count). The van der Waals surface area contributed by atoms with Crippen LogP contribution in [0.4, 0.5) is 5.69 Å². The molecule has 3 aromatic carbocycles. The van der Waals surface area contributed by atoms with Gasteiger partial charge in [-0.25, -0.2) is 5.01 Å². The smallest absolute Gasteiger partial charge is 0.269 e. The number of ether oxygens (including phenoxy) is 1. The van der Waals surface area contributed by atoms with Crippen LogP contribution in [0.3, 0.4) is 0 Å². The summed E-state index contributed by atoms with van der Waals surface area (Å²) in [6, 6.07) is 20.8. The van der Waals surface area contributed by atoms with Crippen LogP contribution in [0, 0.1) is 10.1 Å². The number of carbonyl (C=O) groups is 1. The molecule has 0 aromatic heterocycles. The van der Waals surface area contributed by atoms with Crippen molar-refractivity contribution in [3.63, 3.8) is 0 Å². The Morgan fingerprint density at radius 2 is 1.85 bits per heavy atom. The normalized spacial score (nSPS) is 16.6. The number of nitro benzene ring substituents is 1. The van der Waals surface area contributed by atoms with Gasteiger partial charge in [0.15, 0.2) is 11.5 Å². The lowest BCUT2D eigenvalue weighted by Gasteiger charge is -2.28. The van der Waals surface area contributed by atoms with Gasteiger partial charge in [0.2, 0.25) is 0 Å². The van der Waals surface area contributed by atoms with Gasteiger partial charge in [0.05, 0.1) is 24.3 Å². The van der Waals surface area contributed by atoms with Crippen LogP contribution in [-0.4, -0.2) is 45.2 Å². The Bertz CT molecular complexity index is 1230. The van der Waals surface area contributed by atoms with Gasteiger partial charge in [0, 0.05) is 18.7 Å². The Labute approximate surface area is 196 Å². The van der Waals surface area contributed by atoms with E-state index in [1.807, 2.05) is 35.2 Å². The lowest BCUT2D eigenvalue weighted by Crippen LogP contribution is -2.29. The monoisotopic (exact) mass is 460 g/mol. The predicted octanol–water partition coefficient (Wildman–Crippen LogP) is 4.08. The number of non-ortho nitro benzene ring substituents is 1. The molecule has 1 saturated heterocycles. The first kappa shape index (κ1) is 22.9. The number of methoxy groups -OCH3 is 1. The average Bonchev–Trinajstić information content (AvgIpc) is 3.14. The van der Waals surface area contributed by atoms with Crippen molar-refractivity contribution in [3.05, 3.63) is 99.6 Å². The maximum atomic E-state index is 13.1. The lowest BCUT2D eigenvalue weighted by molar-refractivity contribution is -0.384. The minimum Gasteiger partial charge on any atom is -0.504 e. The molecule has 0 radical (unpaired) electrons. The van der Waals surface area contributed by atoms with Crippen LogP contribution < -0.4 is 4.74 Å². The molecule has 1 aliphatic heterocycles. The Morgan fingerprint density at radius 1 is 1.15 bits per heavy atom. The summed E-state index contributed by atoms with van der Waals surface area (Å²) in [5.41, 5.74) is 2.97. The van der Waals surface area contributed by atoms with Gasteiger partial charge in [0.1, 0.15) is 6.17 Å². The van der Waals surface area contributed by atoms with E-state index in [4.69, 9.17) is 4.74 Å². The number of phenols is 1. The summed E-state index contributed by atoms with van der Waals surface area (Å²) in [5.74, 6) is 0.115. The first-order valence-electron chi connectivity index (χ1n) is 10.6. The largest absolute Gasteiger partial charge is 0.504 e. The molecule has 1 N–H and O–H groups in total. The molecule has 0 aliphatic carbocycles. The third kappa shape index (κ3) is 4.74. The number of benzene rings is 3. The molecule has 0 spiro atoms. The molecule has 3 aromatic rings. The second kappa shape index (κ2) is 9.72. The van der Waals surface area contributed by atoms with Crippen LogP contribution in [0.5, 0.6) is 11.5 Å². The van der Waals surface area contributed by atoms with Gasteiger partial charge in [-0.15, -0.1) is 0 Å². The summed E-state index contributed by atoms with van der Waals surface area (Å²) in [4.78, 5) is 25.6. The molecular formula is C25H24N4O5. The summed E-state index contributed by atoms with van der Waals surface area (Å²) in [6.07, 6.45) is -0.532. The Morgan fingerprint density at radius 3 is 2.50 bits per heavy atom. The van der Waals surface area contributed by atoms with Crippen LogP contribution in [0.2, 0.25) is 0 Å². The first-order valence-corrected chi connectivity index (χ1v) is 10.6. The SMILES string of the molecule is COc1cc([C@H]2N(Cc3ccccc3)CC(=O)N2/N=C(/C)c2ccc([N+](=O)[O-])cc2)ccc1O. The molecule has 0 saturated carbocycles. The minimum absolute atomic E-state index is 0.00212. The van der Waals surface area contributed by atoms with E-state index < -0.39 is 11.1 Å². The highest BCUT2D eigenvalue weighted by Gasteiger charge is 2.39. The van der Waals surface area contributed by atoms with Crippen LogP contribution in [0.25, 0.3) is 0 Å². The van der Waals surface area contributed by atoms with E-state index in [9.17, 15) is 20.0 Å². The lowest BCUT2D eigenvalue weighted by atomic mass is 10.1. The molecular weight excluding hydrogens is 436 g/mol. The molecule has 174 valence electrons. The van der Waals surface area contributed by atoms with Crippen LogP contribution in [0.1, 0.15) is 29.8 Å². The zero-order valence-electron chi connectivity index (χ0n) is 18.8. The number of nitro groups is 1. The Balaban J connectivity index is 1.72.